The summed E-state index contributed by atoms with van der Waals surface area (Å²) in [6, 6.07) is 6.92. The molecule has 2 nitrogen and oxygen atoms in total. The highest BCUT2D eigenvalue weighted by Crippen LogP contribution is 2.39. The molecule has 0 bridgehead atoms. The van der Waals surface area contributed by atoms with Crippen LogP contribution in [0.5, 0.6) is 0 Å². The van der Waals surface area contributed by atoms with Crippen LogP contribution in [0.2, 0.25) is 0 Å². The Hall–Kier alpha value is -1.09. The molecular weight excluding hydrogens is 215 g/mol. The Kier molecular flexibility index (Phi) is 2.58. The lowest BCUT2D eigenvalue weighted by molar-refractivity contribution is 0.0102. The third-order valence-electron chi connectivity index (χ3n) is 4.06. The van der Waals surface area contributed by atoms with E-state index in [2.05, 4.69) is 16.8 Å². The first-order valence-corrected chi connectivity index (χ1v) is 6.36. The Morgan fingerprint density at radius 3 is 2.47 bits per heavy atom. The maximum Gasteiger partial charge on any atom is 0.123 e. The van der Waals surface area contributed by atoms with Crippen LogP contribution in [0.4, 0.5) is 10.1 Å². The Labute approximate surface area is 102 Å². The molecule has 1 aromatic carbocycles. The van der Waals surface area contributed by atoms with Crippen LogP contribution in [0.15, 0.2) is 24.3 Å². The number of hydrogen-bond donors (Lipinski definition) is 0. The molecule has 2 heterocycles. The van der Waals surface area contributed by atoms with Crippen molar-refractivity contribution < 1.29 is 4.39 Å². The molecule has 3 heteroatoms. The van der Waals surface area contributed by atoms with E-state index in [1.807, 2.05) is 12.1 Å². The summed E-state index contributed by atoms with van der Waals surface area (Å²) in [6.07, 6.45) is 2.60. The van der Waals surface area contributed by atoms with Gasteiger partial charge in [0.1, 0.15) is 5.82 Å². The molecule has 2 aliphatic heterocycles. The van der Waals surface area contributed by atoms with Crippen LogP contribution < -0.4 is 4.90 Å². The van der Waals surface area contributed by atoms with Gasteiger partial charge >= 0.3 is 0 Å². The summed E-state index contributed by atoms with van der Waals surface area (Å²) < 4.78 is 12.9. The minimum Gasteiger partial charge on any atom is -0.371 e. The molecule has 0 aliphatic carbocycles. The summed E-state index contributed by atoms with van der Waals surface area (Å²) >= 11 is 0. The number of anilines is 1. The molecule has 1 aromatic rings. The summed E-state index contributed by atoms with van der Waals surface area (Å²) in [5.74, 6) is -0.149. The number of likely N-dealkylation sites (tertiary alicyclic amines) is 1. The predicted molar refractivity (Wildman–Crippen MR) is 67.8 cm³/mol. The van der Waals surface area contributed by atoms with E-state index in [1.54, 1.807) is 12.1 Å². The zero-order chi connectivity index (χ0) is 11.9. The monoisotopic (exact) mass is 234 g/mol. The molecule has 0 amide bonds. The van der Waals surface area contributed by atoms with Gasteiger partial charge < -0.3 is 9.80 Å². The van der Waals surface area contributed by atoms with Gasteiger partial charge in [0.25, 0.3) is 0 Å². The highest BCUT2D eigenvalue weighted by molar-refractivity contribution is 5.47. The molecule has 0 radical (unpaired) electrons. The first-order chi connectivity index (χ1) is 8.17. The number of benzene rings is 1. The second-order valence-corrected chi connectivity index (χ2v) is 5.67. The van der Waals surface area contributed by atoms with Gasteiger partial charge in [-0.25, -0.2) is 4.39 Å². The fourth-order valence-corrected chi connectivity index (χ4v) is 3.44. The van der Waals surface area contributed by atoms with Crippen molar-refractivity contribution in [3.05, 3.63) is 30.1 Å². The first kappa shape index (κ1) is 11.0. The van der Waals surface area contributed by atoms with Gasteiger partial charge in [-0.05, 0) is 44.2 Å². The minimum atomic E-state index is -0.149. The van der Waals surface area contributed by atoms with Crippen LogP contribution in [-0.2, 0) is 0 Å². The van der Waals surface area contributed by atoms with E-state index in [0.717, 1.165) is 13.1 Å². The maximum atomic E-state index is 12.9. The number of nitrogens with zero attached hydrogens (tertiary/aromatic N) is 2. The molecule has 0 atom stereocenters. The minimum absolute atomic E-state index is 0.149. The smallest absolute Gasteiger partial charge is 0.123 e. The van der Waals surface area contributed by atoms with Gasteiger partial charge in [-0.15, -0.1) is 0 Å². The molecule has 0 unspecified atom stereocenters. The lowest BCUT2D eigenvalue weighted by atomic mass is 9.73. The average molecular weight is 234 g/mol. The van der Waals surface area contributed by atoms with E-state index in [0.29, 0.717) is 5.41 Å². The number of hydrogen-bond acceptors (Lipinski definition) is 2. The van der Waals surface area contributed by atoms with Crippen LogP contribution in [0.25, 0.3) is 0 Å². The van der Waals surface area contributed by atoms with Gasteiger partial charge in [-0.3, -0.25) is 0 Å². The summed E-state index contributed by atoms with van der Waals surface area (Å²) in [5, 5.41) is 0. The van der Waals surface area contributed by atoms with Crippen molar-refractivity contribution in [2.75, 3.05) is 38.1 Å². The van der Waals surface area contributed by atoms with Crippen molar-refractivity contribution in [1.29, 1.82) is 0 Å². The Morgan fingerprint density at radius 1 is 1.12 bits per heavy atom. The molecule has 92 valence electrons. The molecule has 0 saturated carbocycles. The highest BCUT2D eigenvalue weighted by Gasteiger charge is 2.43. The third kappa shape index (κ3) is 2.04. The van der Waals surface area contributed by atoms with E-state index >= 15 is 0 Å². The molecule has 0 aromatic heterocycles. The van der Waals surface area contributed by atoms with Gasteiger partial charge in [0, 0.05) is 37.3 Å². The summed E-state index contributed by atoms with van der Waals surface area (Å²) in [7, 11) is 2.18. The molecule has 2 aliphatic rings. The van der Waals surface area contributed by atoms with Gasteiger partial charge in [0.15, 0.2) is 0 Å². The Morgan fingerprint density at radius 2 is 1.82 bits per heavy atom. The van der Waals surface area contributed by atoms with Crippen molar-refractivity contribution in [3.63, 3.8) is 0 Å². The maximum absolute atomic E-state index is 12.9. The normalized spacial score (nSPS) is 23.8. The molecule has 2 saturated heterocycles. The van der Waals surface area contributed by atoms with Crippen molar-refractivity contribution in [2.45, 2.75) is 12.8 Å². The first-order valence-electron chi connectivity index (χ1n) is 6.36. The van der Waals surface area contributed by atoms with Crippen molar-refractivity contribution in [2.24, 2.45) is 5.41 Å². The number of piperidine rings is 1. The Balaban J connectivity index is 1.74. The largest absolute Gasteiger partial charge is 0.371 e. The molecule has 17 heavy (non-hydrogen) atoms. The SMILES string of the molecule is CN1CC2(CCCN(c3ccc(F)cc3)C2)C1. The molecule has 2 fully saturated rings. The lowest BCUT2D eigenvalue weighted by Gasteiger charge is -2.54. The molecular formula is C14H19FN2. The van der Waals surface area contributed by atoms with Gasteiger partial charge in [-0.1, -0.05) is 0 Å². The number of rotatable bonds is 1. The Bertz CT molecular complexity index is 390. The molecule has 0 N–H and O–H groups in total. The molecule has 1 spiro atoms. The van der Waals surface area contributed by atoms with E-state index in [-0.39, 0.29) is 5.82 Å². The van der Waals surface area contributed by atoms with Crippen molar-refractivity contribution in [1.82, 2.24) is 4.90 Å². The fourth-order valence-electron chi connectivity index (χ4n) is 3.44. The zero-order valence-electron chi connectivity index (χ0n) is 10.3. The lowest BCUT2D eigenvalue weighted by Crippen LogP contribution is -2.61. The van der Waals surface area contributed by atoms with Crippen LogP contribution in [0.1, 0.15) is 12.8 Å². The van der Waals surface area contributed by atoms with E-state index in [4.69, 9.17) is 0 Å². The third-order valence-corrected chi connectivity index (χ3v) is 4.06. The van der Waals surface area contributed by atoms with E-state index < -0.39 is 0 Å². The van der Waals surface area contributed by atoms with Gasteiger partial charge in [0.2, 0.25) is 0 Å². The second-order valence-electron chi connectivity index (χ2n) is 5.67. The standard InChI is InChI=1S/C14H19FN2/c1-16-9-14(10-16)7-2-8-17(11-14)13-5-3-12(15)4-6-13/h3-6H,2,7-11H2,1H3. The highest BCUT2D eigenvalue weighted by atomic mass is 19.1. The van der Waals surface area contributed by atoms with Crippen LogP contribution in [-0.4, -0.2) is 38.1 Å². The van der Waals surface area contributed by atoms with Crippen molar-refractivity contribution in [3.8, 4) is 0 Å². The zero-order valence-corrected chi connectivity index (χ0v) is 10.3. The van der Waals surface area contributed by atoms with Gasteiger partial charge in [-0.2, -0.15) is 0 Å². The summed E-state index contributed by atoms with van der Waals surface area (Å²) in [6.45, 7) is 4.66. The number of halogens is 1. The van der Waals surface area contributed by atoms with E-state index in [1.165, 1.54) is 31.6 Å². The second kappa shape index (κ2) is 3.98. The van der Waals surface area contributed by atoms with Crippen LogP contribution >= 0.6 is 0 Å². The fraction of sp³-hybridized carbons (Fsp3) is 0.571. The van der Waals surface area contributed by atoms with E-state index in [9.17, 15) is 4.39 Å². The van der Waals surface area contributed by atoms with Crippen LogP contribution in [0, 0.1) is 11.2 Å². The topological polar surface area (TPSA) is 6.48 Å². The quantitative estimate of drug-likeness (QED) is 0.736. The predicted octanol–water partition coefficient (Wildman–Crippen LogP) is 2.36. The average Bonchev–Trinajstić information content (AvgIpc) is 2.28. The van der Waals surface area contributed by atoms with Crippen molar-refractivity contribution >= 4 is 5.69 Å². The van der Waals surface area contributed by atoms with Crippen LogP contribution in [0.3, 0.4) is 0 Å². The summed E-state index contributed by atoms with van der Waals surface area (Å²) in [5.41, 5.74) is 1.67. The molecule has 3 rings (SSSR count). The summed E-state index contributed by atoms with van der Waals surface area (Å²) in [4.78, 5) is 4.80. The van der Waals surface area contributed by atoms with Gasteiger partial charge in [0.05, 0.1) is 0 Å².